The molecule has 34 heavy (non-hydrogen) atoms. The number of anilines is 1. The van der Waals surface area contributed by atoms with Gasteiger partial charge in [-0.2, -0.15) is 10.2 Å². The van der Waals surface area contributed by atoms with E-state index in [4.69, 9.17) is 0 Å². The van der Waals surface area contributed by atoms with Crippen LogP contribution in [0.15, 0.2) is 77.1 Å². The number of para-hydroxylation sites is 1. The van der Waals surface area contributed by atoms with Crippen LogP contribution < -0.4 is 10.1 Å². The molecular formula is C22H25ClN8O2S. The molecule has 0 aliphatic heterocycles. The maximum absolute atomic E-state index is 12.4. The summed E-state index contributed by atoms with van der Waals surface area (Å²) in [6, 6.07) is 16.2. The van der Waals surface area contributed by atoms with Gasteiger partial charge in [0.2, 0.25) is 10.0 Å². The first-order valence-electron chi connectivity index (χ1n) is 10.2. The van der Waals surface area contributed by atoms with Crippen LogP contribution in [-0.2, 0) is 10.0 Å². The molecule has 0 unspecified atom stereocenters. The van der Waals surface area contributed by atoms with Gasteiger partial charge in [-0.25, -0.2) is 27.8 Å². The molecule has 0 fully saturated rings. The highest BCUT2D eigenvalue weighted by Gasteiger charge is 2.13. The minimum absolute atomic E-state index is 0. The van der Waals surface area contributed by atoms with Crippen molar-refractivity contribution < 1.29 is 8.42 Å². The van der Waals surface area contributed by atoms with Crippen molar-refractivity contribution in [2.75, 3.05) is 32.6 Å². The fourth-order valence-electron chi connectivity index (χ4n) is 3.08. The van der Waals surface area contributed by atoms with E-state index in [1.165, 1.54) is 6.33 Å². The largest absolute Gasteiger partial charge is 0.308 e. The second kappa shape index (κ2) is 11.2. The third kappa shape index (κ3) is 5.94. The minimum Gasteiger partial charge on any atom is -0.308 e. The van der Waals surface area contributed by atoms with Crippen molar-refractivity contribution in [2.45, 2.75) is 4.90 Å². The molecule has 2 N–H and O–H groups in total. The highest BCUT2D eigenvalue weighted by atomic mass is 35.5. The zero-order valence-electron chi connectivity index (χ0n) is 18.7. The molecule has 0 aliphatic carbocycles. The molecule has 0 atom stereocenters. The van der Waals surface area contributed by atoms with Crippen LogP contribution >= 0.6 is 12.4 Å². The van der Waals surface area contributed by atoms with Crippen LogP contribution in [0.25, 0.3) is 16.7 Å². The molecule has 0 amide bonds. The van der Waals surface area contributed by atoms with Gasteiger partial charge in [-0.05, 0) is 43.9 Å². The Balaban J connectivity index is 0.00000324. The molecule has 0 radical (unpaired) electrons. The van der Waals surface area contributed by atoms with Crippen molar-refractivity contribution in [1.29, 1.82) is 0 Å². The molecular weight excluding hydrogens is 476 g/mol. The van der Waals surface area contributed by atoms with Gasteiger partial charge in [-0.15, -0.1) is 12.4 Å². The highest BCUT2D eigenvalue weighted by molar-refractivity contribution is 7.89. The van der Waals surface area contributed by atoms with Crippen LogP contribution in [0.5, 0.6) is 0 Å². The molecule has 2 aromatic heterocycles. The molecule has 0 saturated heterocycles. The van der Waals surface area contributed by atoms with Gasteiger partial charge in [-0.3, -0.25) is 5.43 Å². The van der Waals surface area contributed by atoms with Crippen LogP contribution in [0, 0.1) is 0 Å². The lowest BCUT2D eigenvalue weighted by Crippen LogP contribution is -2.31. The van der Waals surface area contributed by atoms with Gasteiger partial charge < -0.3 is 4.90 Å². The average molecular weight is 501 g/mol. The number of fused-ring (bicyclic) bond motifs is 1. The molecule has 12 heteroatoms. The summed E-state index contributed by atoms with van der Waals surface area (Å²) in [4.78, 5) is 10.7. The Bertz CT molecular complexity index is 1360. The van der Waals surface area contributed by atoms with Crippen LogP contribution in [0.3, 0.4) is 0 Å². The van der Waals surface area contributed by atoms with Gasteiger partial charge in [0.1, 0.15) is 6.33 Å². The molecule has 0 aliphatic rings. The highest BCUT2D eigenvalue weighted by Crippen LogP contribution is 2.21. The van der Waals surface area contributed by atoms with E-state index in [0.29, 0.717) is 24.6 Å². The van der Waals surface area contributed by atoms with Crippen LogP contribution in [-0.4, -0.2) is 66.5 Å². The monoisotopic (exact) mass is 500 g/mol. The summed E-state index contributed by atoms with van der Waals surface area (Å²) in [5, 5.41) is 9.37. The Labute approximate surface area is 204 Å². The van der Waals surface area contributed by atoms with E-state index in [1.54, 1.807) is 41.4 Å². The van der Waals surface area contributed by atoms with Crippen LogP contribution in [0.1, 0.15) is 5.56 Å². The Hall–Kier alpha value is -3.38. The van der Waals surface area contributed by atoms with Crippen molar-refractivity contribution in [3.8, 4) is 5.69 Å². The summed E-state index contributed by atoms with van der Waals surface area (Å²) in [6.07, 6.45) is 4.72. The minimum atomic E-state index is -3.54. The summed E-state index contributed by atoms with van der Waals surface area (Å²) in [5.41, 5.74) is 5.20. The number of sulfonamides is 1. The Morgan fingerprint density at radius 1 is 1.06 bits per heavy atom. The van der Waals surface area contributed by atoms with Gasteiger partial charge in [0.05, 0.1) is 28.4 Å². The number of hydrogen-bond acceptors (Lipinski definition) is 8. The number of hydrogen-bond donors (Lipinski definition) is 2. The predicted molar refractivity (Wildman–Crippen MR) is 135 cm³/mol. The van der Waals surface area contributed by atoms with Gasteiger partial charge in [0, 0.05) is 13.1 Å². The zero-order chi connectivity index (χ0) is 23.3. The van der Waals surface area contributed by atoms with E-state index in [2.05, 4.69) is 30.3 Å². The lowest BCUT2D eigenvalue weighted by atomic mass is 10.2. The van der Waals surface area contributed by atoms with Crippen LogP contribution in [0.4, 0.5) is 5.82 Å². The van der Waals surface area contributed by atoms with Gasteiger partial charge in [-0.1, -0.05) is 30.3 Å². The lowest BCUT2D eigenvalue weighted by molar-refractivity contribution is 0.412. The summed E-state index contributed by atoms with van der Waals surface area (Å²) in [6.45, 7) is 0.965. The topological polar surface area (TPSA) is 117 Å². The number of hydrazone groups is 1. The van der Waals surface area contributed by atoms with E-state index in [9.17, 15) is 8.42 Å². The second-order valence-electron chi connectivity index (χ2n) is 7.49. The number of benzene rings is 2. The van der Waals surface area contributed by atoms with E-state index in [-0.39, 0.29) is 17.3 Å². The molecule has 2 heterocycles. The van der Waals surface area contributed by atoms with Gasteiger partial charge in [0.15, 0.2) is 11.5 Å². The smallest absolute Gasteiger partial charge is 0.240 e. The normalized spacial score (nSPS) is 11.7. The second-order valence-corrected chi connectivity index (χ2v) is 9.26. The van der Waals surface area contributed by atoms with Crippen molar-refractivity contribution in [3.63, 3.8) is 0 Å². The molecule has 0 saturated carbocycles. The summed E-state index contributed by atoms with van der Waals surface area (Å²) >= 11 is 0. The van der Waals surface area contributed by atoms with Gasteiger partial charge >= 0.3 is 0 Å². The van der Waals surface area contributed by atoms with Crippen LogP contribution in [0.2, 0.25) is 0 Å². The molecule has 4 aromatic rings. The molecule has 2 aromatic carbocycles. The number of halogens is 1. The molecule has 4 rings (SSSR count). The maximum atomic E-state index is 12.4. The van der Waals surface area contributed by atoms with E-state index in [1.807, 2.05) is 49.3 Å². The first-order valence-corrected chi connectivity index (χ1v) is 11.7. The fourth-order valence-corrected chi connectivity index (χ4v) is 4.10. The number of rotatable bonds is 9. The van der Waals surface area contributed by atoms with E-state index < -0.39 is 10.0 Å². The van der Waals surface area contributed by atoms with Crippen molar-refractivity contribution in [1.82, 2.24) is 29.4 Å². The maximum Gasteiger partial charge on any atom is 0.240 e. The Morgan fingerprint density at radius 3 is 2.50 bits per heavy atom. The number of aromatic nitrogens is 4. The third-order valence-corrected chi connectivity index (χ3v) is 6.27. The van der Waals surface area contributed by atoms with Crippen molar-refractivity contribution in [2.24, 2.45) is 5.10 Å². The number of likely N-dealkylation sites (N-methyl/N-ethyl adjacent to an activating group) is 1. The number of nitrogens with zero attached hydrogens (tertiary/aromatic N) is 6. The van der Waals surface area contributed by atoms with Crippen molar-refractivity contribution in [3.05, 3.63) is 72.7 Å². The first kappa shape index (κ1) is 25.2. The number of nitrogens with one attached hydrogen (secondary N) is 2. The standard InChI is InChI=1S/C22H24N8O2S.ClH/c1-29(2)13-12-27-33(31,32)19-10-8-17(9-11-19)14-25-28-21-20-15-26-30(22(20)24-16-23-21)18-6-4-3-5-7-18;/h3-11,14-16,27H,12-13H2,1-2H3,(H,23,24,28);1H/b25-14+;. The van der Waals surface area contributed by atoms with E-state index >= 15 is 0 Å². The molecule has 0 spiro atoms. The molecule has 178 valence electrons. The summed E-state index contributed by atoms with van der Waals surface area (Å²) in [7, 11) is 0.230. The van der Waals surface area contributed by atoms with Crippen molar-refractivity contribution >= 4 is 45.5 Å². The lowest BCUT2D eigenvalue weighted by Gasteiger charge is -2.11. The summed E-state index contributed by atoms with van der Waals surface area (Å²) < 4.78 is 29.0. The molecule has 10 nitrogen and oxygen atoms in total. The zero-order valence-corrected chi connectivity index (χ0v) is 20.3. The third-order valence-electron chi connectivity index (χ3n) is 4.79. The first-order chi connectivity index (χ1) is 15.9. The fraction of sp³-hybridized carbons (Fsp3) is 0.182. The Kier molecular flexibility index (Phi) is 8.29. The Morgan fingerprint density at radius 2 is 1.79 bits per heavy atom. The summed E-state index contributed by atoms with van der Waals surface area (Å²) in [5.74, 6) is 0.516. The SMILES string of the molecule is CN(C)CCNS(=O)(=O)c1ccc(/C=N/Nc2ncnc3c2cnn3-c2ccccc2)cc1.Cl. The van der Waals surface area contributed by atoms with E-state index in [0.717, 1.165) is 16.6 Å². The van der Waals surface area contributed by atoms with Gasteiger partial charge in [0.25, 0.3) is 0 Å². The molecule has 0 bridgehead atoms. The predicted octanol–water partition coefficient (Wildman–Crippen LogP) is 2.52. The average Bonchev–Trinajstić information content (AvgIpc) is 3.25. The quantitative estimate of drug-likeness (QED) is 0.268.